The van der Waals surface area contributed by atoms with Gasteiger partial charge in [-0.25, -0.2) is 9.78 Å². The number of hydrogen-bond donors (Lipinski definition) is 1. The zero-order chi connectivity index (χ0) is 15.9. The lowest BCUT2D eigenvalue weighted by atomic mass is 10.0. The van der Waals surface area contributed by atoms with E-state index >= 15 is 0 Å². The molecule has 0 aliphatic rings. The second-order valence-corrected chi connectivity index (χ2v) is 6.19. The molecule has 0 aliphatic carbocycles. The van der Waals surface area contributed by atoms with Gasteiger partial charge in [0, 0.05) is 18.9 Å². The van der Waals surface area contributed by atoms with Gasteiger partial charge in [0.1, 0.15) is 4.88 Å². The number of aromatic carboxylic acids is 1. The van der Waals surface area contributed by atoms with E-state index in [1.165, 1.54) is 16.9 Å². The van der Waals surface area contributed by atoms with Gasteiger partial charge >= 0.3 is 5.97 Å². The highest BCUT2D eigenvalue weighted by Gasteiger charge is 2.20. The van der Waals surface area contributed by atoms with Gasteiger partial charge in [-0.3, -0.25) is 4.40 Å². The molecule has 5 nitrogen and oxygen atoms in total. The van der Waals surface area contributed by atoms with Gasteiger partial charge in [0.05, 0.1) is 18.0 Å². The van der Waals surface area contributed by atoms with Crippen molar-refractivity contribution in [3.8, 4) is 11.3 Å². The summed E-state index contributed by atoms with van der Waals surface area (Å²) < 4.78 is 6.95. The fourth-order valence-electron chi connectivity index (χ4n) is 2.56. The maximum absolute atomic E-state index is 11.3. The highest BCUT2D eigenvalue weighted by molar-refractivity contribution is 7.19. The predicted molar refractivity (Wildman–Crippen MR) is 85.7 cm³/mol. The molecule has 3 rings (SSSR count). The van der Waals surface area contributed by atoms with Crippen molar-refractivity contribution >= 4 is 22.3 Å². The largest absolute Gasteiger partial charge is 0.477 e. The summed E-state index contributed by atoms with van der Waals surface area (Å²) in [5, 5.41) is 9.29. The van der Waals surface area contributed by atoms with Crippen LogP contribution in [-0.4, -0.2) is 27.6 Å². The van der Waals surface area contributed by atoms with Gasteiger partial charge < -0.3 is 9.84 Å². The Bertz CT molecular complexity index is 864. The van der Waals surface area contributed by atoms with Gasteiger partial charge in [-0.2, -0.15) is 0 Å². The van der Waals surface area contributed by atoms with Crippen molar-refractivity contribution in [3.05, 3.63) is 46.1 Å². The molecule has 0 aliphatic heterocycles. The number of aromatic nitrogens is 2. The molecule has 0 atom stereocenters. The predicted octanol–water partition coefficient (Wildman–Crippen LogP) is 3.52. The van der Waals surface area contributed by atoms with Gasteiger partial charge in [-0.1, -0.05) is 35.1 Å². The van der Waals surface area contributed by atoms with E-state index in [9.17, 15) is 9.90 Å². The van der Waals surface area contributed by atoms with Crippen molar-refractivity contribution in [1.82, 2.24) is 9.38 Å². The summed E-state index contributed by atoms with van der Waals surface area (Å²) >= 11 is 1.17. The van der Waals surface area contributed by atoms with E-state index in [4.69, 9.17) is 4.74 Å². The molecule has 0 spiro atoms. The minimum atomic E-state index is -0.949. The number of carbonyl (C=O) groups is 1. The molecule has 22 heavy (non-hydrogen) atoms. The zero-order valence-electron chi connectivity index (χ0n) is 12.6. The number of hydrogen-bond acceptors (Lipinski definition) is 4. The molecule has 0 radical (unpaired) electrons. The smallest absolute Gasteiger partial charge is 0.347 e. The number of imidazole rings is 1. The molecule has 1 N–H and O–H groups in total. The third-order valence-corrected chi connectivity index (χ3v) is 4.64. The molecule has 0 saturated heterocycles. The van der Waals surface area contributed by atoms with Crippen molar-refractivity contribution in [3.63, 3.8) is 0 Å². The lowest BCUT2D eigenvalue weighted by molar-refractivity contribution is 0.0696. The van der Waals surface area contributed by atoms with Crippen LogP contribution in [0.3, 0.4) is 0 Å². The number of ether oxygens (including phenoxy) is 1. The van der Waals surface area contributed by atoms with Crippen molar-refractivity contribution in [2.75, 3.05) is 7.11 Å². The number of fused-ring (bicyclic) bond motifs is 1. The minimum absolute atomic E-state index is 0.240. The SMILES string of the molecule is COCc1c(C(=O)O)sc2nc(-c3ccc(C)cc3C)cn12. The third kappa shape index (κ3) is 2.40. The fraction of sp³-hybridized carbons (Fsp3) is 0.250. The van der Waals surface area contributed by atoms with E-state index < -0.39 is 5.97 Å². The van der Waals surface area contributed by atoms with Crippen LogP contribution in [0, 0.1) is 13.8 Å². The average Bonchev–Trinajstić information content (AvgIpc) is 2.98. The summed E-state index contributed by atoms with van der Waals surface area (Å²) in [7, 11) is 1.55. The summed E-state index contributed by atoms with van der Waals surface area (Å²) in [6.45, 7) is 4.34. The lowest BCUT2D eigenvalue weighted by Crippen LogP contribution is -2.02. The van der Waals surface area contributed by atoms with Crippen molar-refractivity contribution in [2.45, 2.75) is 20.5 Å². The minimum Gasteiger partial charge on any atom is -0.477 e. The van der Waals surface area contributed by atoms with Crippen LogP contribution in [0.25, 0.3) is 16.2 Å². The number of methoxy groups -OCH3 is 1. The lowest BCUT2D eigenvalue weighted by Gasteiger charge is -2.03. The Balaban J connectivity index is 2.16. The Morgan fingerprint density at radius 1 is 1.41 bits per heavy atom. The Hall–Kier alpha value is -2.18. The number of benzene rings is 1. The van der Waals surface area contributed by atoms with Crippen molar-refractivity contribution < 1.29 is 14.6 Å². The molecular formula is C16H16N2O3S. The van der Waals surface area contributed by atoms with Crippen LogP contribution in [0.15, 0.2) is 24.4 Å². The number of aryl methyl sites for hydroxylation is 2. The molecule has 2 heterocycles. The quantitative estimate of drug-likeness (QED) is 0.800. The summed E-state index contributed by atoms with van der Waals surface area (Å²) in [6.07, 6.45) is 1.88. The molecule has 1 aromatic carbocycles. The fourth-order valence-corrected chi connectivity index (χ4v) is 3.51. The summed E-state index contributed by atoms with van der Waals surface area (Å²) in [6, 6.07) is 6.21. The molecule has 0 amide bonds. The maximum Gasteiger partial charge on any atom is 0.347 e. The first kappa shape index (κ1) is 14.7. The highest BCUT2D eigenvalue weighted by atomic mass is 32.1. The Morgan fingerprint density at radius 3 is 2.82 bits per heavy atom. The van der Waals surface area contributed by atoms with Crippen LogP contribution in [-0.2, 0) is 11.3 Å². The van der Waals surface area contributed by atoms with E-state index in [1.54, 1.807) is 7.11 Å². The summed E-state index contributed by atoms with van der Waals surface area (Å²) in [5.74, 6) is -0.949. The first-order valence-corrected chi connectivity index (χ1v) is 7.63. The molecule has 0 bridgehead atoms. The number of carboxylic acids is 1. The third-order valence-electron chi connectivity index (χ3n) is 3.55. The van der Waals surface area contributed by atoms with Crippen LogP contribution in [0.2, 0.25) is 0 Å². The van der Waals surface area contributed by atoms with Crippen LogP contribution in [0.1, 0.15) is 26.5 Å². The van der Waals surface area contributed by atoms with Crippen LogP contribution >= 0.6 is 11.3 Å². The van der Waals surface area contributed by atoms with Gasteiger partial charge in [-0.15, -0.1) is 0 Å². The second kappa shape index (κ2) is 5.55. The molecule has 0 fully saturated rings. The number of carboxylic acid groups (broad SMARTS) is 1. The van der Waals surface area contributed by atoms with E-state index in [0.717, 1.165) is 16.8 Å². The van der Waals surface area contributed by atoms with Gasteiger partial charge in [0.15, 0.2) is 4.96 Å². The van der Waals surface area contributed by atoms with Gasteiger partial charge in [0.2, 0.25) is 0 Å². The average molecular weight is 316 g/mol. The van der Waals surface area contributed by atoms with E-state index in [0.29, 0.717) is 10.7 Å². The van der Waals surface area contributed by atoms with Gasteiger partial charge in [-0.05, 0) is 19.4 Å². The molecular weight excluding hydrogens is 300 g/mol. The zero-order valence-corrected chi connectivity index (χ0v) is 13.4. The van der Waals surface area contributed by atoms with Crippen LogP contribution < -0.4 is 0 Å². The molecule has 0 saturated carbocycles. The summed E-state index contributed by atoms with van der Waals surface area (Å²) in [5.41, 5.74) is 4.88. The normalized spacial score (nSPS) is 11.2. The number of thiazole rings is 1. The highest BCUT2D eigenvalue weighted by Crippen LogP contribution is 2.29. The van der Waals surface area contributed by atoms with E-state index in [-0.39, 0.29) is 11.5 Å². The Labute approximate surface area is 131 Å². The molecule has 0 unspecified atom stereocenters. The molecule has 114 valence electrons. The first-order chi connectivity index (χ1) is 10.5. The molecule has 6 heteroatoms. The molecule has 3 aromatic rings. The van der Waals surface area contributed by atoms with Crippen molar-refractivity contribution in [1.29, 1.82) is 0 Å². The van der Waals surface area contributed by atoms with Crippen LogP contribution in [0.5, 0.6) is 0 Å². The maximum atomic E-state index is 11.3. The Morgan fingerprint density at radius 2 is 2.18 bits per heavy atom. The Kier molecular flexibility index (Phi) is 3.72. The monoisotopic (exact) mass is 316 g/mol. The number of rotatable bonds is 4. The van der Waals surface area contributed by atoms with E-state index in [2.05, 4.69) is 31.0 Å². The number of nitrogens with zero attached hydrogens (tertiary/aromatic N) is 2. The van der Waals surface area contributed by atoms with Crippen molar-refractivity contribution in [2.24, 2.45) is 0 Å². The van der Waals surface area contributed by atoms with E-state index in [1.807, 2.05) is 16.7 Å². The standard InChI is InChI=1S/C16H16N2O3S/c1-9-4-5-11(10(2)6-9)12-7-18-13(8-21-3)14(15(19)20)22-16(18)17-12/h4-7H,8H2,1-3H3,(H,19,20). The van der Waals surface area contributed by atoms with Gasteiger partial charge in [0.25, 0.3) is 0 Å². The topological polar surface area (TPSA) is 63.8 Å². The van der Waals surface area contributed by atoms with Crippen LogP contribution in [0.4, 0.5) is 0 Å². The molecule has 2 aromatic heterocycles. The first-order valence-electron chi connectivity index (χ1n) is 6.82. The summed E-state index contributed by atoms with van der Waals surface area (Å²) in [4.78, 5) is 16.8. The second-order valence-electron chi connectivity index (χ2n) is 5.21.